The molecule has 2 aliphatic heterocycles. The average molecular weight is 717 g/mol. The standard InChI is InChI=1S/C37H52N2O12/c1-7-26-28(41)27(38(6)33(43)47-20-24-11-9-8-10-12-24)30-31(29(26)42)49-32-37(46,50-30)36(45,19-22(2)48-32)21-39(34(44)51-35(3,4)5)18-17-23-13-15-25(40)16-14-23/h8-16,22,26-32,40-42,45-46H,7,17-21H2,1-6H3/t22-,26-,27+,28+,29+,30-,31-,32+,36-,37-/m1/s1. The third-order valence-corrected chi connectivity index (χ3v) is 9.91. The number of likely N-dealkylation sites (N-methyl/N-ethyl adjacent to an activating group) is 1. The molecule has 2 heterocycles. The lowest BCUT2D eigenvalue weighted by atomic mass is 9.73. The minimum absolute atomic E-state index is 0.0414. The maximum absolute atomic E-state index is 13.6. The number of carbonyl (C=O) groups excluding carboxylic acids is 2. The lowest BCUT2D eigenvalue weighted by Gasteiger charge is -2.61. The summed E-state index contributed by atoms with van der Waals surface area (Å²) >= 11 is 0. The maximum Gasteiger partial charge on any atom is 0.410 e. The van der Waals surface area contributed by atoms with E-state index in [4.69, 9.17) is 23.7 Å². The van der Waals surface area contributed by atoms with Crippen LogP contribution in [0.3, 0.4) is 0 Å². The predicted octanol–water partition coefficient (Wildman–Crippen LogP) is 2.91. The van der Waals surface area contributed by atoms with Gasteiger partial charge in [0.25, 0.3) is 0 Å². The van der Waals surface area contributed by atoms with Crippen LogP contribution in [0.2, 0.25) is 0 Å². The van der Waals surface area contributed by atoms with Crippen LogP contribution in [0, 0.1) is 5.92 Å². The number of hydrogen-bond donors (Lipinski definition) is 5. The second-order valence-electron chi connectivity index (χ2n) is 14.9. The molecule has 5 rings (SSSR count). The van der Waals surface area contributed by atoms with Crippen LogP contribution in [0.1, 0.15) is 58.6 Å². The summed E-state index contributed by atoms with van der Waals surface area (Å²) in [5.41, 5.74) is -1.57. The fourth-order valence-electron chi connectivity index (χ4n) is 7.27. The van der Waals surface area contributed by atoms with Gasteiger partial charge in [-0.25, -0.2) is 9.59 Å². The van der Waals surface area contributed by atoms with Gasteiger partial charge in [0.2, 0.25) is 12.1 Å². The zero-order valence-electron chi connectivity index (χ0n) is 30.0. The molecule has 0 unspecified atom stereocenters. The molecular weight excluding hydrogens is 664 g/mol. The van der Waals surface area contributed by atoms with Crippen molar-refractivity contribution in [3.63, 3.8) is 0 Å². The second kappa shape index (κ2) is 15.2. The van der Waals surface area contributed by atoms with Crippen LogP contribution in [0.15, 0.2) is 54.6 Å². The van der Waals surface area contributed by atoms with Gasteiger partial charge >= 0.3 is 12.2 Å². The topological polar surface area (TPSA) is 188 Å². The molecule has 2 aromatic carbocycles. The van der Waals surface area contributed by atoms with Crippen molar-refractivity contribution in [3.8, 4) is 5.75 Å². The maximum atomic E-state index is 13.6. The second-order valence-corrected chi connectivity index (χ2v) is 14.9. The van der Waals surface area contributed by atoms with Gasteiger partial charge in [0.15, 0.2) is 0 Å². The summed E-state index contributed by atoms with van der Waals surface area (Å²) in [6.07, 6.45) is -8.63. The van der Waals surface area contributed by atoms with Crippen molar-refractivity contribution >= 4 is 12.2 Å². The number of benzene rings is 2. The number of fused-ring (bicyclic) bond motifs is 2. The van der Waals surface area contributed by atoms with Gasteiger partial charge in [0, 0.05) is 25.9 Å². The average Bonchev–Trinajstić information content (AvgIpc) is 3.06. The Morgan fingerprint density at radius 2 is 1.61 bits per heavy atom. The predicted molar refractivity (Wildman–Crippen MR) is 182 cm³/mol. The Morgan fingerprint density at radius 3 is 2.24 bits per heavy atom. The molecule has 51 heavy (non-hydrogen) atoms. The van der Waals surface area contributed by atoms with Crippen molar-refractivity contribution in [1.82, 2.24) is 9.80 Å². The molecule has 10 atom stereocenters. The molecule has 3 fully saturated rings. The van der Waals surface area contributed by atoms with Crippen LogP contribution >= 0.6 is 0 Å². The number of ether oxygens (including phenoxy) is 5. The van der Waals surface area contributed by atoms with Crippen LogP contribution < -0.4 is 0 Å². The zero-order chi connectivity index (χ0) is 37.3. The van der Waals surface area contributed by atoms with Crippen molar-refractivity contribution in [1.29, 1.82) is 0 Å². The van der Waals surface area contributed by atoms with Crippen molar-refractivity contribution in [3.05, 3.63) is 65.7 Å². The number of aliphatic hydroxyl groups is 4. The molecule has 5 N–H and O–H groups in total. The van der Waals surface area contributed by atoms with Crippen LogP contribution in [0.25, 0.3) is 0 Å². The van der Waals surface area contributed by atoms with E-state index in [1.54, 1.807) is 58.9 Å². The first kappa shape index (κ1) is 38.7. The van der Waals surface area contributed by atoms with E-state index in [9.17, 15) is 35.1 Å². The number of hydrogen-bond acceptors (Lipinski definition) is 12. The fourth-order valence-corrected chi connectivity index (χ4v) is 7.27. The Balaban J connectivity index is 1.45. The van der Waals surface area contributed by atoms with E-state index in [2.05, 4.69) is 0 Å². The number of nitrogens with zero attached hydrogens (tertiary/aromatic N) is 2. The van der Waals surface area contributed by atoms with Gasteiger partial charge in [-0.3, -0.25) is 0 Å². The zero-order valence-corrected chi connectivity index (χ0v) is 30.0. The Hall–Kier alpha value is -3.50. The molecule has 0 bridgehead atoms. The number of phenolic OH excluding ortho intramolecular Hbond substituents is 1. The minimum Gasteiger partial charge on any atom is -0.508 e. The Morgan fingerprint density at radius 1 is 0.941 bits per heavy atom. The first-order valence-electron chi connectivity index (χ1n) is 17.5. The summed E-state index contributed by atoms with van der Waals surface area (Å²) in [7, 11) is 1.42. The van der Waals surface area contributed by atoms with E-state index < -0.39 is 84.5 Å². The monoisotopic (exact) mass is 716 g/mol. The Bertz CT molecular complexity index is 1490. The molecule has 3 aliphatic rings. The minimum atomic E-state index is -2.65. The molecule has 1 saturated carbocycles. The number of phenols is 1. The number of amides is 2. The van der Waals surface area contributed by atoms with E-state index in [0.717, 1.165) is 16.0 Å². The van der Waals surface area contributed by atoms with Gasteiger partial charge in [-0.2, -0.15) is 0 Å². The molecule has 0 aromatic heterocycles. The van der Waals surface area contributed by atoms with Crippen LogP contribution in [0.4, 0.5) is 9.59 Å². The van der Waals surface area contributed by atoms with Gasteiger partial charge in [0.1, 0.15) is 35.8 Å². The van der Waals surface area contributed by atoms with Gasteiger partial charge in [-0.05, 0) is 63.8 Å². The molecule has 0 radical (unpaired) electrons. The number of aliphatic hydroxyl groups excluding tert-OH is 2. The van der Waals surface area contributed by atoms with Crippen molar-refractivity contribution in [2.75, 3.05) is 20.1 Å². The third-order valence-electron chi connectivity index (χ3n) is 9.91. The molecule has 2 amide bonds. The third kappa shape index (κ3) is 8.27. The van der Waals surface area contributed by atoms with Gasteiger partial charge in [-0.15, -0.1) is 0 Å². The SMILES string of the molecule is CC[C@H]1[C@H](O)[C@H]2O[C@@H]3O[C@H](C)C[C@@](O)(CN(CCc4ccc(O)cc4)C(=O)OC(C)(C)C)[C@]3(O)O[C@@H]2[C@@H](N(C)C(=O)OCc2ccccc2)[C@H]1O. The highest BCUT2D eigenvalue weighted by atomic mass is 16.8. The molecule has 0 spiro atoms. The number of rotatable bonds is 9. The summed E-state index contributed by atoms with van der Waals surface area (Å²) in [5.74, 6) is -3.31. The molecule has 14 heteroatoms. The highest BCUT2D eigenvalue weighted by molar-refractivity contribution is 5.68. The largest absolute Gasteiger partial charge is 0.508 e. The van der Waals surface area contributed by atoms with Crippen LogP contribution in [0.5, 0.6) is 5.75 Å². The summed E-state index contributed by atoms with van der Waals surface area (Å²) < 4.78 is 29.8. The van der Waals surface area contributed by atoms with E-state index in [1.165, 1.54) is 24.1 Å². The lowest BCUT2D eigenvalue weighted by Crippen LogP contribution is -2.80. The van der Waals surface area contributed by atoms with Crippen molar-refractivity contribution in [2.24, 2.45) is 5.92 Å². The molecule has 282 valence electrons. The summed E-state index contributed by atoms with van der Waals surface area (Å²) in [5, 5.41) is 57.6. The van der Waals surface area contributed by atoms with Crippen LogP contribution in [-0.2, 0) is 36.7 Å². The van der Waals surface area contributed by atoms with E-state index in [0.29, 0.717) is 12.8 Å². The number of carbonyl (C=O) groups is 2. The van der Waals surface area contributed by atoms with Crippen molar-refractivity contribution < 1.29 is 58.8 Å². The Labute approximate surface area is 298 Å². The first-order chi connectivity index (χ1) is 24.0. The summed E-state index contributed by atoms with van der Waals surface area (Å²) in [6, 6.07) is 14.3. The number of aromatic hydroxyl groups is 1. The van der Waals surface area contributed by atoms with Crippen molar-refractivity contribution in [2.45, 2.75) is 120 Å². The van der Waals surface area contributed by atoms with Crippen LogP contribution in [-0.4, -0.2) is 127 Å². The molecule has 1 aliphatic carbocycles. The molecule has 14 nitrogen and oxygen atoms in total. The highest BCUT2D eigenvalue weighted by Gasteiger charge is 2.69. The summed E-state index contributed by atoms with van der Waals surface area (Å²) in [6.45, 7) is 8.11. The van der Waals surface area contributed by atoms with E-state index in [1.807, 2.05) is 18.2 Å². The van der Waals surface area contributed by atoms with Gasteiger partial charge in [0.05, 0.1) is 30.9 Å². The normalized spacial score (nSPS) is 33.4. The first-order valence-corrected chi connectivity index (χ1v) is 17.5. The lowest BCUT2D eigenvalue weighted by molar-refractivity contribution is -0.486. The molecule has 2 saturated heterocycles. The molecular formula is C37H52N2O12. The highest BCUT2D eigenvalue weighted by Crippen LogP contribution is 2.48. The Kier molecular flexibility index (Phi) is 11.6. The summed E-state index contributed by atoms with van der Waals surface area (Å²) in [4.78, 5) is 29.4. The van der Waals surface area contributed by atoms with Gasteiger partial charge < -0.3 is 59.0 Å². The fraction of sp³-hybridized carbons (Fsp3) is 0.622. The molecule has 2 aromatic rings. The van der Waals surface area contributed by atoms with E-state index in [-0.39, 0.29) is 25.3 Å². The quantitative estimate of drug-likeness (QED) is 0.256. The van der Waals surface area contributed by atoms with E-state index >= 15 is 0 Å². The van der Waals surface area contributed by atoms with Gasteiger partial charge in [-0.1, -0.05) is 49.4 Å². The smallest absolute Gasteiger partial charge is 0.410 e.